The molecule has 0 spiro atoms. The Morgan fingerprint density at radius 2 is 1.84 bits per heavy atom. The fraction of sp³-hybridized carbons (Fsp3) is 0.526. The molecule has 1 N–H and O–H groups in total. The van der Waals surface area contributed by atoms with Gasteiger partial charge in [-0.15, -0.1) is 0 Å². The molecule has 1 atom stereocenters. The van der Waals surface area contributed by atoms with E-state index >= 15 is 0 Å². The van der Waals surface area contributed by atoms with Crippen molar-refractivity contribution in [1.29, 1.82) is 0 Å². The molecule has 1 aliphatic heterocycles. The van der Waals surface area contributed by atoms with E-state index < -0.39 is 12.0 Å². The average molecular weight is 342 g/mol. The first-order chi connectivity index (χ1) is 12.1. The predicted octanol–water partition coefficient (Wildman–Crippen LogP) is 1.95. The quantitative estimate of drug-likeness (QED) is 0.830. The lowest BCUT2D eigenvalue weighted by Gasteiger charge is -2.24. The smallest absolute Gasteiger partial charge is 0.325 e. The van der Waals surface area contributed by atoms with E-state index in [-0.39, 0.29) is 30.5 Å². The largest absolute Gasteiger partial charge is 0.461 e. The van der Waals surface area contributed by atoms with Crippen molar-refractivity contribution < 1.29 is 19.1 Å². The SMILES string of the molecule is O=C(CNC(=O)C1c2ccccc2C(=O)N1C1CC1)OC1CCCC1. The van der Waals surface area contributed by atoms with Crippen LogP contribution in [0.1, 0.15) is 60.5 Å². The van der Waals surface area contributed by atoms with Crippen LogP contribution < -0.4 is 5.32 Å². The molecular formula is C19H22N2O4. The molecule has 6 heteroatoms. The van der Waals surface area contributed by atoms with Gasteiger partial charge >= 0.3 is 5.97 Å². The number of esters is 1. The zero-order valence-corrected chi connectivity index (χ0v) is 14.1. The average Bonchev–Trinajstić information content (AvgIpc) is 3.24. The summed E-state index contributed by atoms with van der Waals surface area (Å²) in [4.78, 5) is 38.9. The second-order valence-corrected chi connectivity index (χ2v) is 7.05. The van der Waals surface area contributed by atoms with Gasteiger partial charge in [0.2, 0.25) is 5.91 Å². The molecule has 1 aromatic carbocycles. The summed E-state index contributed by atoms with van der Waals surface area (Å²) in [5.41, 5.74) is 1.31. The summed E-state index contributed by atoms with van der Waals surface area (Å²) in [6.45, 7) is -0.152. The fourth-order valence-corrected chi connectivity index (χ4v) is 3.82. The van der Waals surface area contributed by atoms with Crippen LogP contribution in [0.4, 0.5) is 0 Å². The van der Waals surface area contributed by atoms with Gasteiger partial charge in [0.1, 0.15) is 18.7 Å². The lowest BCUT2D eigenvalue weighted by atomic mass is 10.0. The first-order valence-electron chi connectivity index (χ1n) is 9.04. The van der Waals surface area contributed by atoms with Crippen molar-refractivity contribution in [3.05, 3.63) is 35.4 Å². The number of ether oxygens (including phenoxy) is 1. The Balaban J connectivity index is 1.43. The second-order valence-electron chi connectivity index (χ2n) is 7.05. The van der Waals surface area contributed by atoms with Gasteiger partial charge < -0.3 is 15.0 Å². The van der Waals surface area contributed by atoms with Crippen molar-refractivity contribution in [3.63, 3.8) is 0 Å². The minimum atomic E-state index is -0.643. The van der Waals surface area contributed by atoms with Crippen molar-refractivity contribution in [1.82, 2.24) is 10.2 Å². The number of benzene rings is 1. The predicted molar refractivity (Wildman–Crippen MR) is 89.7 cm³/mol. The highest BCUT2D eigenvalue weighted by Crippen LogP contribution is 2.41. The van der Waals surface area contributed by atoms with Gasteiger partial charge in [-0.25, -0.2) is 0 Å². The summed E-state index contributed by atoms with van der Waals surface area (Å²) in [7, 11) is 0. The van der Waals surface area contributed by atoms with E-state index in [0.29, 0.717) is 5.56 Å². The summed E-state index contributed by atoms with van der Waals surface area (Å²) in [5, 5.41) is 2.67. The summed E-state index contributed by atoms with van der Waals surface area (Å²) in [6.07, 6.45) is 5.81. The molecule has 6 nitrogen and oxygen atoms in total. The molecule has 2 aliphatic carbocycles. The number of carbonyl (C=O) groups excluding carboxylic acids is 3. The van der Waals surface area contributed by atoms with Crippen LogP contribution in [-0.4, -0.2) is 41.4 Å². The van der Waals surface area contributed by atoms with Gasteiger partial charge in [-0.05, 0) is 50.2 Å². The Kier molecular flexibility index (Phi) is 4.19. The summed E-state index contributed by atoms with van der Waals surface area (Å²) < 4.78 is 5.37. The minimum absolute atomic E-state index is 0.0128. The number of rotatable bonds is 5. The fourth-order valence-electron chi connectivity index (χ4n) is 3.82. The summed E-state index contributed by atoms with van der Waals surface area (Å²) in [6, 6.07) is 6.69. The van der Waals surface area contributed by atoms with Crippen LogP contribution in [0.2, 0.25) is 0 Å². The topological polar surface area (TPSA) is 75.7 Å². The first kappa shape index (κ1) is 16.1. The number of amides is 2. The number of hydrogen-bond acceptors (Lipinski definition) is 4. The van der Waals surface area contributed by atoms with Crippen molar-refractivity contribution in [2.75, 3.05) is 6.54 Å². The standard InChI is InChI=1S/C19H22N2O4/c22-16(25-13-5-1-2-6-13)11-20-18(23)17-14-7-3-4-8-15(14)19(24)21(17)12-9-10-12/h3-4,7-8,12-13,17H,1-2,5-6,9-11H2,(H,20,23). The molecule has 132 valence electrons. The van der Waals surface area contributed by atoms with Crippen LogP contribution in [0.3, 0.4) is 0 Å². The van der Waals surface area contributed by atoms with Crippen LogP contribution in [0.15, 0.2) is 24.3 Å². The summed E-state index contributed by atoms with van der Waals surface area (Å²) >= 11 is 0. The van der Waals surface area contributed by atoms with Gasteiger partial charge in [-0.3, -0.25) is 14.4 Å². The summed E-state index contributed by atoms with van der Waals surface area (Å²) in [5.74, 6) is -0.809. The van der Waals surface area contributed by atoms with Gasteiger partial charge in [0.05, 0.1) is 0 Å². The molecule has 0 bridgehead atoms. The molecule has 3 aliphatic rings. The van der Waals surface area contributed by atoms with Crippen LogP contribution in [0.5, 0.6) is 0 Å². The molecule has 1 aromatic rings. The van der Waals surface area contributed by atoms with Gasteiger partial charge in [0, 0.05) is 11.6 Å². The maximum atomic E-state index is 12.7. The number of fused-ring (bicyclic) bond motifs is 1. The highest BCUT2D eigenvalue weighted by atomic mass is 16.5. The zero-order chi connectivity index (χ0) is 17.4. The first-order valence-corrected chi connectivity index (χ1v) is 9.04. The molecular weight excluding hydrogens is 320 g/mol. The highest BCUT2D eigenvalue weighted by molar-refractivity contribution is 6.05. The number of nitrogens with zero attached hydrogens (tertiary/aromatic N) is 1. The van der Waals surface area contributed by atoms with E-state index in [1.807, 2.05) is 12.1 Å². The van der Waals surface area contributed by atoms with Gasteiger partial charge in [-0.2, -0.15) is 0 Å². The Bertz CT molecular complexity index is 707. The minimum Gasteiger partial charge on any atom is -0.461 e. The van der Waals surface area contributed by atoms with Crippen molar-refractivity contribution >= 4 is 17.8 Å². The second kappa shape index (κ2) is 6.50. The lowest BCUT2D eigenvalue weighted by molar-refractivity contribution is -0.149. The molecule has 0 saturated heterocycles. The maximum Gasteiger partial charge on any atom is 0.325 e. The van der Waals surface area contributed by atoms with E-state index in [1.54, 1.807) is 17.0 Å². The van der Waals surface area contributed by atoms with E-state index in [4.69, 9.17) is 4.74 Å². The normalized spacial score (nSPS) is 22.8. The van der Waals surface area contributed by atoms with E-state index in [1.165, 1.54) is 0 Å². The molecule has 25 heavy (non-hydrogen) atoms. The van der Waals surface area contributed by atoms with Gasteiger partial charge in [0.15, 0.2) is 0 Å². The van der Waals surface area contributed by atoms with E-state index in [9.17, 15) is 14.4 Å². The highest BCUT2D eigenvalue weighted by Gasteiger charge is 2.47. The molecule has 4 rings (SSSR count). The van der Waals surface area contributed by atoms with Gasteiger partial charge in [0.25, 0.3) is 5.91 Å². The molecule has 2 amide bonds. The third-order valence-electron chi connectivity index (χ3n) is 5.19. The Hall–Kier alpha value is -2.37. The van der Waals surface area contributed by atoms with Crippen LogP contribution >= 0.6 is 0 Å². The number of nitrogens with one attached hydrogen (secondary N) is 1. The van der Waals surface area contributed by atoms with Crippen molar-refractivity contribution in [2.24, 2.45) is 0 Å². The maximum absolute atomic E-state index is 12.7. The van der Waals surface area contributed by atoms with Crippen LogP contribution in [0.25, 0.3) is 0 Å². The zero-order valence-electron chi connectivity index (χ0n) is 14.1. The van der Waals surface area contributed by atoms with E-state index in [0.717, 1.165) is 44.1 Å². The van der Waals surface area contributed by atoms with Crippen molar-refractivity contribution in [2.45, 2.75) is 56.7 Å². The molecule has 2 saturated carbocycles. The lowest BCUT2D eigenvalue weighted by Crippen LogP contribution is -2.42. The third kappa shape index (κ3) is 3.13. The van der Waals surface area contributed by atoms with Gasteiger partial charge in [-0.1, -0.05) is 18.2 Å². The molecule has 1 unspecified atom stereocenters. The Morgan fingerprint density at radius 1 is 1.12 bits per heavy atom. The van der Waals surface area contributed by atoms with Crippen LogP contribution in [0, 0.1) is 0 Å². The third-order valence-corrected chi connectivity index (χ3v) is 5.19. The van der Waals surface area contributed by atoms with E-state index in [2.05, 4.69) is 5.32 Å². The molecule has 0 radical (unpaired) electrons. The number of carbonyl (C=O) groups is 3. The Morgan fingerprint density at radius 3 is 2.56 bits per heavy atom. The monoisotopic (exact) mass is 342 g/mol. The Labute approximate surface area is 146 Å². The van der Waals surface area contributed by atoms with Crippen LogP contribution in [-0.2, 0) is 14.3 Å². The van der Waals surface area contributed by atoms with Crippen molar-refractivity contribution in [3.8, 4) is 0 Å². The molecule has 1 heterocycles. The number of hydrogen-bond donors (Lipinski definition) is 1. The molecule has 2 fully saturated rings. The molecule has 0 aromatic heterocycles.